The van der Waals surface area contributed by atoms with Gasteiger partial charge in [0.25, 0.3) is 0 Å². The summed E-state index contributed by atoms with van der Waals surface area (Å²) in [5, 5.41) is 0.899. The van der Waals surface area contributed by atoms with Crippen molar-refractivity contribution in [2.75, 3.05) is 5.75 Å². The molecule has 0 N–H and O–H groups in total. The SMILES string of the molecule is CC1OC(=O)C2=C1CSC(c1ccccc1)=N2. The maximum Gasteiger partial charge on any atom is 0.357 e. The number of carbonyl (C=O) groups is 1. The van der Waals surface area contributed by atoms with Crippen LogP contribution in [-0.2, 0) is 9.53 Å². The van der Waals surface area contributed by atoms with Crippen molar-refractivity contribution >= 4 is 22.8 Å². The fraction of sp³-hybridized carbons (Fsp3) is 0.231. The molecule has 86 valence electrons. The third kappa shape index (κ3) is 1.78. The Morgan fingerprint density at radius 3 is 2.88 bits per heavy atom. The molecule has 4 heteroatoms. The van der Waals surface area contributed by atoms with Gasteiger partial charge in [-0.25, -0.2) is 9.79 Å². The van der Waals surface area contributed by atoms with Gasteiger partial charge in [-0.2, -0.15) is 0 Å². The highest BCUT2D eigenvalue weighted by atomic mass is 32.2. The first kappa shape index (κ1) is 10.6. The van der Waals surface area contributed by atoms with Crippen molar-refractivity contribution in [1.29, 1.82) is 0 Å². The first-order valence-corrected chi connectivity index (χ1v) is 6.45. The van der Waals surface area contributed by atoms with Crippen LogP contribution in [0, 0.1) is 0 Å². The Bertz CT molecular complexity index is 534. The molecule has 0 radical (unpaired) electrons. The van der Waals surface area contributed by atoms with Crippen LogP contribution < -0.4 is 0 Å². The van der Waals surface area contributed by atoms with Gasteiger partial charge in [0.05, 0.1) is 0 Å². The predicted octanol–water partition coefficient (Wildman–Crippen LogP) is 2.38. The van der Waals surface area contributed by atoms with Crippen molar-refractivity contribution < 1.29 is 9.53 Å². The van der Waals surface area contributed by atoms with Crippen LogP contribution in [0.25, 0.3) is 0 Å². The summed E-state index contributed by atoms with van der Waals surface area (Å²) in [5.41, 5.74) is 2.58. The first-order chi connectivity index (χ1) is 8.25. The van der Waals surface area contributed by atoms with Crippen molar-refractivity contribution in [2.24, 2.45) is 4.99 Å². The van der Waals surface area contributed by atoms with E-state index >= 15 is 0 Å². The monoisotopic (exact) mass is 245 g/mol. The Morgan fingerprint density at radius 2 is 2.12 bits per heavy atom. The summed E-state index contributed by atoms with van der Waals surface area (Å²) in [6.45, 7) is 1.89. The molecular weight excluding hydrogens is 234 g/mol. The second kappa shape index (κ2) is 4.04. The van der Waals surface area contributed by atoms with E-state index in [1.54, 1.807) is 11.8 Å². The van der Waals surface area contributed by atoms with Crippen LogP contribution in [0.5, 0.6) is 0 Å². The van der Waals surface area contributed by atoms with E-state index in [0.29, 0.717) is 5.70 Å². The van der Waals surface area contributed by atoms with E-state index in [2.05, 4.69) is 4.99 Å². The topological polar surface area (TPSA) is 38.7 Å². The standard InChI is InChI=1S/C13H11NO2S/c1-8-10-7-17-12(9-5-3-2-4-6-9)14-11(10)13(15)16-8/h2-6,8H,7H2,1H3. The van der Waals surface area contributed by atoms with Crippen LogP contribution >= 0.6 is 11.8 Å². The lowest BCUT2D eigenvalue weighted by Crippen LogP contribution is -2.10. The van der Waals surface area contributed by atoms with Gasteiger partial charge in [0.1, 0.15) is 11.1 Å². The second-order valence-electron chi connectivity index (χ2n) is 3.99. The molecule has 3 rings (SSSR count). The Kier molecular flexibility index (Phi) is 2.52. The van der Waals surface area contributed by atoms with Gasteiger partial charge < -0.3 is 4.74 Å². The molecule has 1 aromatic carbocycles. The molecule has 2 aliphatic rings. The van der Waals surface area contributed by atoms with E-state index in [0.717, 1.165) is 21.9 Å². The summed E-state index contributed by atoms with van der Waals surface area (Å²) >= 11 is 1.66. The maximum atomic E-state index is 11.6. The van der Waals surface area contributed by atoms with Gasteiger partial charge in [0.15, 0.2) is 5.70 Å². The van der Waals surface area contributed by atoms with Crippen LogP contribution in [0.1, 0.15) is 12.5 Å². The predicted molar refractivity (Wildman–Crippen MR) is 68.0 cm³/mol. The highest BCUT2D eigenvalue weighted by Crippen LogP contribution is 2.33. The zero-order valence-electron chi connectivity index (χ0n) is 9.34. The van der Waals surface area contributed by atoms with Gasteiger partial charge in [-0.3, -0.25) is 0 Å². The smallest absolute Gasteiger partial charge is 0.357 e. The zero-order valence-corrected chi connectivity index (χ0v) is 10.2. The van der Waals surface area contributed by atoms with Crippen molar-refractivity contribution in [3.63, 3.8) is 0 Å². The number of thioether (sulfide) groups is 1. The van der Waals surface area contributed by atoms with Crippen molar-refractivity contribution in [3.05, 3.63) is 47.2 Å². The average Bonchev–Trinajstić information content (AvgIpc) is 2.66. The molecule has 1 atom stereocenters. The minimum atomic E-state index is -0.291. The van der Waals surface area contributed by atoms with Crippen molar-refractivity contribution in [2.45, 2.75) is 13.0 Å². The van der Waals surface area contributed by atoms with Gasteiger partial charge >= 0.3 is 5.97 Å². The largest absolute Gasteiger partial charge is 0.453 e. The molecule has 0 aromatic heterocycles. The number of esters is 1. The molecule has 3 nitrogen and oxygen atoms in total. The molecule has 0 spiro atoms. The zero-order chi connectivity index (χ0) is 11.8. The molecule has 0 saturated heterocycles. The summed E-state index contributed by atoms with van der Waals surface area (Å²) in [6, 6.07) is 9.91. The number of nitrogens with zero attached hydrogens (tertiary/aromatic N) is 1. The minimum Gasteiger partial charge on any atom is -0.453 e. The Labute approximate surface area is 104 Å². The van der Waals surface area contributed by atoms with E-state index in [1.165, 1.54) is 0 Å². The molecule has 0 amide bonds. The molecule has 0 bridgehead atoms. The van der Waals surface area contributed by atoms with E-state index in [1.807, 2.05) is 37.3 Å². The van der Waals surface area contributed by atoms with Crippen LogP contribution in [-0.4, -0.2) is 22.9 Å². The molecule has 1 aromatic rings. The number of hydrogen-bond acceptors (Lipinski definition) is 4. The maximum absolute atomic E-state index is 11.6. The van der Waals surface area contributed by atoms with Gasteiger partial charge in [0, 0.05) is 16.9 Å². The second-order valence-corrected chi connectivity index (χ2v) is 4.96. The molecular formula is C13H11NO2S. The average molecular weight is 245 g/mol. The molecule has 2 heterocycles. The Hall–Kier alpha value is -1.55. The number of ether oxygens (including phenoxy) is 1. The summed E-state index contributed by atoms with van der Waals surface area (Å²) in [5.74, 6) is 0.497. The summed E-state index contributed by atoms with van der Waals surface area (Å²) in [6.07, 6.45) is -0.119. The lowest BCUT2D eigenvalue weighted by Gasteiger charge is -2.13. The lowest BCUT2D eigenvalue weighted by molar-refractivity contribution is -0.139. The van der Waals surface area contributed by atoms with Crippen molar-refractivity contribution in [3.8, 4) is 0 Å². The fourth-order valence-electron chi connectivity index (χ4n) is 1.92. The van der Waals surface area contributed by atoms with Gasteiger partial charge in [0.2, 0.25) is 0 Å². The number of hydrogen-bond donors (Lipinski definition) is 0. The van der Waals surface area contributed by atoms with E-state index in [9.17, 15) is 4.79 Å². The lowest BCUT2D eigenvalue weighted by atomic mass is 10.1. The molecule has 0 aliphatic carbocycles. The minimum absolute atomic E-state index is 0.119. The molecule has 2 aliphatic heterocycles. The third-order valence-electron chi connectivity index (χ3n) is 2.87. The van der Waals surface area contributed by atoms with E-state index in [-0.39, 0.29) is 12.1 Å². The van der Waals surface area contributed by atoms with Crippen LogP contribution in [0.3, 0.4) is 0 Å². The summed E-state index contributed by atoms with van der Waals surface area (Å²) in [4.78, 5) is 16.0. The Balaban J connectivity index is 2.01. The van der Waals surface area contributed by atoms with Crippen LogP contribution in [0.2, 0.25) is 0 Å². The Morgan fingerprint density at radius 1 is 1.35 bits per heavy atom. The third-order valence-corrected chi connectivity index (χ3v) is 3.93. The van der Waals surface area contributed by atoms with Crippen molar-refractivity contribution in [1.82, 2.24) is 0 Å². The molecule has 17 heavy (non-hydrogen) atoms. The van der Waals surface area contributed by atoms with E-state index < -0.39 is 0 Å². The number of cyclic esters (lactones) is 1. The quantitative estimate of drug-likeness (QED) is 0.713. The highest BCUT2D eigenvalue weighted by molar-refractivity contribution is 8.14. The summed E-state index contributed by atoms with van der Waals surface area (Å²) in [7, 11) is 0. The first-order valence-electron chi connectivity index (χ1n) is 5.46. The number of rotatable bonds is 1. The fourth-order valence-corrected chi connectivity index (χ4v) is 3.05. The normalized spacial score (nSPS) is 23.2. The van der Waals surface area contributed by atoms with E-state index in [4.69, 9.17) is 4.74 Å². The molecule has 0 saturated carbocycles. The van der Waals surface area contributed by atoms with Gasteiger partial charge in [-0.1, -0.05) is 30.3 Å². The number of aliphatic imine (C=N–C) groups is 1. The van der Waals surface area contributed by atoms with Gasteiger partial charge in [-0.05, 0) is 6.92 Å². The van der Waals surface area contributed by atoms with Crippen LogP contribution in [0.15, 0.2) is 46.6 Å². The number of benzene rings is 1. The molecule has 0 fully saturated rings. The number of carbonyl (C=O) groups excluding carboxylic acids is 1. The molecule has 1 unspecified atom stereocenters. The highest BCUT2D eigenvalue weighted by Gasteiger charge is 2.34. The van der Waals surface area contributed by atoms with Gasteiger partial charge in [-0.15, -0.1) is 11.8 Å². The summed E-state index contributed by atoms with van der Waals surface area (Å²) < 4.78 is 5.16. The van der Waals surface area contributed by atoms with Crippen LogP contribution in [0.4, 0.5) is 0 Å².